The summed E-state index contributed by atoms with van der Waals surface area (Å²) in [6.45, 7) is 5.50. The van der Waals surface area contributed by atoms with E-state index >= 15 is 0 Å². The van der Waals surface area contributed by atoms with E-state index in [1.807, 2.05) is 18.2 Å². The van der Waals surface area contributed by atoms with Crippen LogP contribution in [0.1, 0.15) is 12.8 Å². The number of benzene rings is 1. The molecule has 1 amide bonds. The Morgan fingerprint density at radius 1 is 1.30 bits per heavy atom. The van der Waals surface area contributed by atoms with Crippen LogP contribution in [-0.2, 0) is 4.79 Å². The molecule has 1 N–H and O–H groups in total. The second kappa shape index (κ2) is 5.28. The molecular weight excluding hydrogens is 252 g/mol. The standard InChI is InChI=1S/C15H16N4O/c1-2-14(20)18-11-5-6-13-12(9-11)15(17-10-16-13)19-7-3-4-8-19/h2,5-6,9-10H,1,3-4,7-8H2,(H,18,20). The Kier molecular flexibility index (Phi) is 3.33. The molecule has 5 heteroatoms. The van der Waals surface area contributed by atoms with Gasteiger partial charge >= 0.3 is 0 Å². The van der Waals surface area contributed by atoms with Crippen LogP contribution < -0.4 is 10.2 Å². The summed E-state index contributed by atoms with van der Waals surface area (Å²) in [5.74, 6) is 0.728. The van der Waals surface area contributed by atoms with Gasteiger partial charge in [0.1, 0.15) is 12.1 Å². The number of rotatable bonds is 3. The number of amides is 1. The first-order valence-corrected chi connectivity index (χ1v) is 6.71. The highest BCUT2D eigenvalue weighted by Crippen LogP contribution is 2.28. The van der Waals surface area contributed by atoms with Gasteiger partial charge in [0.2, 0.25) is 5.91 Å². The molecule has 1 aliphatic heterocycles. The zero-order chi connectivity index (χ0) is 13.9. The molecule has 0 bridgehead atoms. The number of carbonyl (C=O) groups is 1. The van der Waals surface area contributed by atoms with Crippen LogP contribution in [0.15, 0.2) is 37.2 Å². The minimum atomic E-state index is -0.219. The van der Waals surface area contributed by atoms with Gasteiger partial charge in [-0.15, -0.1) is 0 Å². The Bertz CT molecular complexity index is 662. The fourth-order valence-corrected chi connectivity index (χ4v) is 2.49. The molecule has 1 aromatic carbocycles. The van der Waals surface area contributed by atoms with Crippen molar-refractivity contribution >= 4 is 28.3 Å². The monoisotopic (exact) mass is 268 g/mol. The van der Waals surface area contributed by atoms with Gasteiger partial charge in [0, 0.05) is 24.2 Å². The van der Waals surface area contributed by atoms with Gasteiger partial charge in [-0.25, -0.2) is 9.97 Å². The summed E-state index contributed by atoms with van der Waals surface area (Å²) < 4.78 is 0. The van der Waals surface area contributed by atoms with Crippen LogP contribution in [-0.4, -0.2) is 29.0 Å². The van der Waals surface area contributed by atoms with E-state index in [0.29, 0.717) is 0 Å². The lowest BCUT2D eigenvalue weighted by Crippen LogP contribution is -2.19. The molecule has 2 aromatic rings. The summed E-state index contributed by atoms with van der Waals surface area (Å²) in [6, 6.07) is 5.66. The van der Waals surface area contributed by atoms with Crippen molar-refractivity contribution in [3.8, 4) is 0 Å². The second-order valence-electron chi connectivity index (χ2n) is 4.82. The van der Waals surface area contributed by atoms with Gasteiger partial charge in [0.25, 0.3) is 0 Å². The number of nitrogens with one attached hydrogen (secondary N) is 1. The Morgan fingerprint density at radius 3 is 2.85 bits per heavy atom. The van der Waals surface area contributed by atoms with Crippen LogP contribution >= 0.6 is 0 Å². The minimum Gasteiger partial charge on any atom is -0.356 e. The van der Waals surface area contributed by atoms with E-state index < -0.39 is 0 Å². The smallest absolute Gasteiger partial charge is 0.247 e. The number of nitrogens with zero attached hydrogens (tertiary/aromatic N) is 3. The number of hydrogen-bond donors (Lipinski definition) is 1. The van der Waals surface area contributed by atoms with Crippen LogP contribution in [0.3, 0.4) is 0 Å². The first kappa shape index (κ1) is 12.6. The quantitative estimate of drug-likeness (QED) is 0.868. The zero-order valence-electron chi connectivity index (χ0n) is 11.2. The average Bonchev–Trinajstić information content (AvgIpc) is 3.00. The van der Waals surface area contributed by atoms with E-state index in [0.717, 1.165) is 35.5 Å². The average molecular weight is 268 g/mol. The molecule has 3 rings (SSSR count). The predicted molar refractivity (Wildman–Crippen MR) is 79.8 cm³/mol. The molecule has 0 spiro atoms. The van der Waals surface area contributed by atoms with Crippen LogP contribution in [0.25, 0.3) is 10.9 Å². The summed E-state index contributed by atoms with van der Waals surface area (Å²) in [4.78, 5) is 22.3. The number of fused-ring (bicyclic) bond motifs is 1. The van der Waals surface area contributed by atoms with E-state index in [-0.39, 0.29) is 5.91 Å². The second-order valence-corrected chi connectivity index (χ2v) is 4.82. The highest BCUT2D eigenvalue weighted by atomic mass is 16.1. The molecule has 0 aliphatic carbocycles. The molecule has 0 atom stereocenters. The fraction of sp³-hybridized carbons (Fsp3) is 0.267. The van der Waals surface area contributed by atoms with Crippen molar-refractivity contribution in [1.29, 1.82) is 0 Å². The lowest BCUT2D eigenvalue weighted by molar-refractivity contribution is -0.111. The van der Waals surface area contributed by atoms with E-state index in [1.54, 1.807) is 6.33 Å². The molecule has 0 unspecified atom stereocenters. The maximum Gasteiger partial charge on any atom is 0.247 e. The van der Waals surface area contributed by atoms with Gasteiger partial charge in [-0.1, -0.05) is 6.58 Å². The van der Waals surface area contributed by atoms with Crippen molar-refractivity contribution < 1.29 is 4.79 Å². The first-order valence-electron chi connectivity index (χ1n) is 6.71. The number of carbonyl (C=O) groups excluding carboxylic acids is 1. The van der Waals surface area contributed by atoms with Gasteiger partial charge in [-0.2, -0.15) is 0 Å². The Morgan fingerprint density at radius 2 is 2.10 bits per heavy atom. The van der Waals surface area contributed by atoms with Gasteiger partial charge in [0.05, 0.1) is 5.52 Å². The van der Waals surface area contributed by atoms with Crippen molar-refractivity contribution in [2.75, 3.05) is 23.3 Å². The summed E-state index contributed by atoms with van der Waals surface area (Å²) >= 11 is 0. The molecule has 0 radical (unpaired) electrons. The first-order chi connectivity index (χ1) is 9.78. The maximum absolute atomic E-state index is 11.4. The summed E-state index contributed by atoms with van der Waals surface area (Å²) in [7, 11) is 0. The van der Waals surface area contributed by atoms with Crippen molar-refractivity contribution in [1.82, 2.24) is 9.97 Å². The Labute approximate surface area is 117 Å². The SMILES string of the molecule is C=CC(=O)Nc1ccc2ncnc(N3CCCC3)c2c1. The fourth-order valence-electron chi connectivity index (χ4n) is 2.49. The largest absolute Gasteiger partial charge is 0.356 e. The Hall–Kier alpha value is -2.43. The third kappa shape index (κ3) is 2.34. The van der Waals surface area contributed by atoms with Gasteiger partial charge in [0.15, 0.2) is 0 Å². The zero-order valence-corrected chi connectivity index (χ0v) is 11.2. The van der Waals surface area contributed by atoms with Crippen molar-refractivity contribution in [3.63, 3.8) is 0 Å². The topological polar surface area (TPSA) is 58.1 Å². The molecule has 0 saturated carbocycles. The summed E-state index contributed by atoms with van der Waals surface area (Å²) in [6.07, 6.45) is 5.24. The molecule has 1 aromatic heterocycles. The van der Waals surface area contributed by atoms with E-state index in [1.165, 1.54) is 18.9 Å². The number of aromatic nitrogens is 2. The predicted octanol–water partition coefficient (Wildman–Crippen LogP) is 2.35. The van der Waals surface area contributed by atoms with Crippen molar-refractivity contribution in [3.05, 3.63) is 37.2 Å². The van der Waals surface area contributed by atoms with Crippen molar-refractivity contribution in [2.24, 2.45) is 0 Å². The molecule has 1 fully saturated rings. The highest BCUT2D eigenvalue weighted by molar-refractivity contribution is 6.01. The minimum absolute atomic E-state index is 0.219. The summed E-state index contributed by atoms with van der Waals surface area (Å²) in [5.41, 5.74) is 1.62. The lowest BCUT2D eigenvalue weighted by atomic mass is 10.2. The third-order valence-electron chi connectivity index (χ3n) is 3.47. The lowest BCUT2D eigenvalue weighted by Gasteiger charge is -2.18. The van der Waals surface area contributed by atoms with Gasteiger partial charge < -0.3 is 10.2 Å². The molecule has 1 aliphatic rings. The van der Waals surface area contributed by atoms with Gasteiger partial charge in [-0.05, 0) is 37.1 Å². The number of anilines is 2. The van der Waals surface area contributed by atoms with Crippen LogP contribution in [0.2, 0.25) is 0 Å². The molecule has 5 nitrogen and oxygen atoms in total. The molecule has 2 heterocycles. The number of hydrogen-bond acceptors (Lipinski definition) is 4. The molecule has 102 valence electrons. The van der Waals surface area contributed by atoms with Crippen LogP contribution in [0.5, 0.6) is 0 Å². The van der Waals surface area contributed by atoms with Crippen LogP contribution in [0.4, 0.5) is 11.5 Å². The molecule has 1 saturated heterocycles. The molecule has 20 heavy (non-hydrogen) atoms. The van der Waals surface area contributed by atoms with E-state index in [9.17, 15) is 4.79 Å². The normalized spacial score (nSPS) is 14.5. The summed E-state index contributed by atoms with van der Waals surface area (Å²) in [5, 5.41) is 3.74. The van der Waals surface area contributed by atoms with Gasteiger partial charge in [-0.3, -0.25) is 4.79 Å². The Balaban J connectivity index is 2.03. The maximum atomic E-state index is 11.4. The molecular formula is C15H16N4O. The van der Waals surface area contributed by atoms with Crippen molar-refractivity contribution in [2.45, 2.75) is 12.8 Å². The van der Waals surface area contributed by atoms with E-state index in [4.69, 9.17) is 0 Å². The van der Waals surface area contributed by atoms with E-state index in [2.05, 4.69) is 26.8 Å². The van der Waals surface area contributed by atoms with Crippen LogP contribution in [0, 0.1) is 0 Å². The third-order valence-corrected chi connectivity index (χ3v) is 3.47. The highest BCUT2D eigenvalue weighted by Gasteiger charge is 2.16.